The van der Waals surface area contributed by atoms with Crippen LogP contribution in [0, 0.1) is 0 Å². The zero-order valence-electron chi connectivity index (χ0n) is 10.6. The Morgan fingerprint density at radius 2 is 2.37 bits per heavy atom. The van der Waals surface area contributed by atoms with E-state index < -0.39 is 0 Å². The van der Waals surface area contributed by atoms with Crippen molar-refractivity contribution >= 4 is 11.7 Å². The summed E-state index contributed by atoms with van der Waals surface area (Å²) in [6, 6.07) is 7.64. The average Bonchev–Trinajstić information content (AvgIpc) is 3.04. The zero-order chi connectivity index (χ0) is 13.2. The third-order valence-electron chi connectivity index (χ3n) is 3.36. The molecule has 0 fully saturated rings. The first kappa shape index (κ1) is 11.8. The lowest BCUT2D eigenvalue weighted by Gasteiger charge is -2.09. The van der Waals surface area contributed by atoms with E-state index in [2.05, 4.69) is 15.5 Å². The van der Waals surface area contributed by atoms with Crippen LogP contribution in [0.25, 0.3) is 0 Å². The maximum atomic E-state index is 12.3. The summed E-state index contributed by atoms with van der Waals surface area (Å²) in [6.07, 6.45) is 2.55. The number of carbonyl (C=O) groups is 1. The number of nitrogens with zero attached hydrogens (tertiary/aromatic N) is 1. The van der Waals surface area contributed by atoms with Gasteiger partial charge in [-0.3, -0.25) is 9.89 Å². The lowest BCUT2D eigenvalue weighted by Crippen LogP contribution is -2.22. The lowest BCUT2D eigenvalue weighted by atomic mass is 10.0. The molecule has 98 valence electrons. The molecule has 0 bridgehead atoms. The number of para-hydroxylation sites is 1. The number of benzene rings is 1. The van der Waals surface area contributed by atoms with Crippen LogP contribution in [0.15, 0.2) is 30.5 Å². The Morgan fingerprint density at radius 1 is 1.53 bits per heavy atom. The van der Waals surface area contributed by atoms with Gasteiger partial charge in [0.15, 0.2) is 0 Å². The van der Waals surface area contributed by atoms with Gasteiger partial charge < -0.3 is 10.1 Å². The number of anilines is 1. The van der Waals surface area contributed by atoms with E-state index in [-0.39, 0.29) is 11.8 Å². The molecule has 1 aromatic heterocycles. The van der Waals surface area contributed by atoms with Crippen LogP contribution in [-0.2, 0) is 11.2 Å². The normalized spacial score (nSPS) is 16.8. The summed E-state index contributed by atoms with van der Waals surface area (Å²) < 4.78 is 5.52. The van der Waals surface area contributed by atoms with Crippen LogP contribution in [-0.4, -0.2) is 22.7 Å². The van der Waals surface area contributed by atoms with Crippen molar-refractivity contribution in [2.75, 3.05) is 11.9 Å². The second-order valence-electron chi connectivity index (χ2n) is 4.51. The highest BCUT2D eigenvalue weighted by atomic mass is 16.5. The molecule has 2 heterocycles. The Hall–Kier alpha value is -2.30. The molecule has 2 N–H and O–H groups in total. The van der Waals surface area contributed by atoms with Gasteiger partial charge in [-0.05, 0) is 12.5 Å². The van der Waals surface area contributed by atoms with Gasteiger partial charge in [0.2, 0.25) is 5.91 Å². The van der Waals surface area contributed by atoms with Crippen molar-refractivity contribution in [2.24, 2.45) is 0 Å². The minimum atomic E-state index is -0.260. The average molecular weight is 257 g/mol. The molecule has 1 unspecified atom stereocenters. The summed E-state index contributed by atoms with van der Waals surface area (Å²) >= 11 is 0. The van der Waals surface area contributed by atoms with E-state index in [9.17, 15) is 4.79 Å². The summed E-state index contributed by atoms with van der Waals surface area (Å²) in [7, 11) is 0. The van der Waals surface area contributed by atoms with Crippen molar-refractivity contribution in [1.29, 1.82) is 0 Å². The number of rotatable bonds is 3. The second kappa shape index (κ2) is 4.76. The van der Waals surface area contributed by atoms with Crippen LogP contribution < -0.4 is 10.1 Å². The van der Waals surface area contributed by atoms with E-state index >= 15 is 0 Å². The van der Waals surface area contributed by atoms with Gasteiger partial charge in [0.05, 0.1) is 6.20 Å². The molecule has 5 nitrogen and oxygen atoms in total. The Balaban J connectivity index is 1.79. The minimum absolute atomic E-state index is 0.0658. The number of H-pyrrole nitrogens is 1. The number of aryl methyl sites for hydroxylation is 1. The first-order valence-corrected chi connectivity index (χ1v) is 6.34. The third-order valence-corrected chi connectivity index (χ3v) is 3.36. The molecule has 1 amide bonds. The van der Waals surface area contributed by atoms with Crippen LogP contribution in [0.5, 0.6) is 5.75 Å². The van der Waals surface area contributed by atoms with Gasteiger partial charge in [-0.2, -0.15) is 5.10 Å². The molecule has 1 aromatic carbocycles. The van der Waals surface area contributed by atoms with E-state index in [0.717, 1.165) is 23.3 Å². The van der Waals surface area contributed by atoms with Crippen molar-refractivity contribution in [2.45, 2.75) is 19.3 Å². The molecule has 0 saturated heterocycles. The van der Waals surface area contributed by atoms with Gasteiger partial charge in [0.25, 0.3) is 0 Å². The molecule has 19 heavy (non-hydrogen) atoms. The number of nitrogens with one attached hydrogen (secondary N) is 2. The van der Waals surface area contributed by atoms with E-state index in [1.165, 1.54) is 0 Å². The Morgan fingerprint density at radius 3 is 3.21 bits per heavy atom. The number of carbonyl (C=O) groups excluding carboxylic acids is 1. The van der Waals surface area contributed by atoms with E-state index in [1.807, 2.05) is 31.2 Å². The van der Waals surface area contributed by atoms with Gasteiger partial charge in [-0.1, -0.05) is 25.1 Å². The number of aromatic amines is 1. The van der Waals surface area contributed by atoms with Gasteiger partial charge in [0.1, 0.15) is 24.1 Å². The molecule has 2 aromatic rings. The number of amides is 1. The molecule has 5 heteroatoms. The van der Waals surface area contributed by atoms with Gasteiger partial charge >= 0.3 is 0 Å². The Labute approximate surface area is 111 Å². The highest BCUT2D eigenvalue weighted by molar-refractivity contribution is 5.96. The standard InChI is InChI=1S/C14H15N3O2/c1-2-9-7-15-17-13(9)16-14(18)11-8-19-12-6-4-3-5-10(11)12/h3-7,11H,2,8H2,1H3,(H2,15,16,17,18). The summed E-state index contributed by atoms with van der Waals surface area (Å²) in [6.45, 7) is 2.41. The largest absolute Gasteiger partial charge is 0.492 e. The summed E-state index contributed by atoms with van der Waals surface area (Å²) in [5.41, 5.74) is 1.94. The molecule has 3 rings (SSSR count). The molecule has 1 aliphatic heterocycles. The van der Waals surface area contributed by atoms with Crippen LogP contribution >= 0.6 is 0 Å². The monoisotopic (exact) mass is 257 g/mol. The number of aromatic nitrogens is 2. The van der Waals surface area contributed by atoms with E-state index in [4.69, 9.17) is 4.74 Å². The number of hydrogen-bond donors (Lipinski definition) is 2. The topological polar surface area (TPSA) is 67.0 Å². The fraction of sp³-hybridized carbons (Fsp3) is 0.286. The summed E-state index contributed by atoms with van der Waals surface area (Å²) in [5, 5.41) is 9.65. The SMILES string of the molecule is CCc1cn[nH]c1NC(=O)C1COc2ccccc21. The predicted octanol–water partition coefficient (Wildman–Crippen LogP) is 2.09. The maximum Gasteiger partial charge on any atom is 0.236 e. The fourth-order valence-corrected chi connectivity index (χ4v) is 2.28. The van der Waals surface area contributed by atoms with Crippen LogP contribution in [0.2, 0.25) is 0 Å². The number of ether oxygens (including phenoxy) is 1. The number of hydrogen-bond acceptors (Lipinski definition) is 3. The van der Waals surface area contributed by atoms with Crippen LogP contribution in [0.3, 0.4) is 0 Å². The molecule has 1 atom stereocenters. The van der Waals surface area contributed by atoms with Crippen LogP contribution in [0.1, 0.15) is 24.0 Å². The first-order valence-electron chi connectivity index (χ1n) is 6.34. The summed E-state index contributed by atoms with van der Waals surface area (Å²) in [5.74, 6) is 1.15. The smallest absolute Gasteiger partial charge is 0.236 e. The minimum Gasteiger partial charge on any atom is -0.492 e. The van der Waals surface area contributed by atoms with E-state index in [1.54, 1.807) is 6.20 Å². The maximum absolute atomic E-state index is 12.3. The van der Waals surface area contributed by atoms with Gasteiger partial charge in [-0.15, -0.1) is 0 Å². The van der Waals surface area contributed by atoms with Crippen molar-refractivity contribution in [1.82, 2.24) is 10.2 Å². The molecular weight excluding hydrogens is 242 g/mol. The first-order chi connectivity index (χ1) is 9.29. The van der Waals surface area contributed by atoms with Crippen molar-refractivity contribution < 1.29 is 9.53 Å². The summed E-state index contributed by atoms with van der Waals surface area (Å²) in [4.78, 5) is 12.3. The Kier molecular flexibility index (Phi) is 2.95. The second-order valence-corrected chi connectivity index (χ2v) is 4.51. The lowest BCUT2D eigenvalue weighted by molar-refractivity contribution is -0.117. The molecule has 0 spiro atoms. The Bertz CT molecular complexity index is 606. The van der Waals surface area contributed by atoms with E-state index in [0.29, 0.717) is 12.4 Å². The van der Waals surface area contributed by atoms with Crippen molar-refractivity contribution in [3.8, 4) is 5.75 Å². The number of fused-ring (bicyclic) bond motifs is 1. The van der Waals surface area contributed by atoms with Gasteiger partial charge in [-0.25, -0.2) is 0 Å². The predicted molar refractivity (Wildman–Crippen MR) is 71.3 cm³/mol. The quantitative estimate of drug-likeness (QED) is 0.884. The molecular formula is C14H15N3O2. The van der Waals surface area contributed by atoms with Crippen LogP contribution in [0.4, 0.5) is 5.82 Å². The molecule has 0 aliphatic carbocycles. The van der Waals surface area contributed by atoms with Crippen molar-refractivity contribution in [3.05, 3.63) is 41.6 Å². The molecule has 0 radical (unpaired) electrons. The third kappa shape index (κ3) is 2.07. The fourth-order valence-electron chi connectivity index (χ4n) is 2.28. The van der Waals surface area contributed by atoms with Crippen molar-refractivity contribution in [3.63, 3.8) is 0 Å². The molecule has 0 saturated carbocycles. The highest BCUT2D eigenvalue weighted by Crippen LogP contribution is 2.34. The van der Waals surface area contributed by atoms with Gasteiger partial charge in [0, 0.05) is 11.1 Å². The molecule has 1 aliphatic rings. The highest BCUT2D eigenvalue weighted by Gasteiger charge is 2.30. The zero-order valence-corrected chi connectivity index (χ0v) is 10.6.